The Morgan fingerprint density at radius 2 is 1.67 bits per heavy atom. The standard InChI is InChI=1S/C36H46N4O9/c1-19-14-25-31(38)27(41)17-26(33(25)44)40(18-28(42)23-10-12-24(37)13-11-23)35(45)20(2)8-7-9-29(47-5)34(49-36(39)46)22(4)16-21(3)32(43)30(15-19)48-6/h7-13,16-17,19,21,29-30,32,34,43H,14-15,18,37-38H2,1-6H3,(H2,39,46)/b9-7-,20-8+,22-16+/t19-,21+,29+,30+,32-,34+/m1/s1. The number of ketones is 3. The molecule has 2 amide bonds. The highest BCUT2D eigenvalue weighted by molar-refractivity contribution is 6.23. The van der Waals surface area contributed by atoms with Gasteiger partial charge in [-0.15, -0.1) is 0 Å². The lowest BCUT2D eigenvalue weighted by Crippen LogP contribution is -2.41. The number of Topliss-reactive ketones (excluding diaryl/α,β-unsaturated/α-hetero) is 2. The Bertz CT molecular complexity index is 1610. The van der Waals surface area contributed by atoms with E-state index >= 15 is 0 Å². The summed E-state index contributed by atoms with van der Waals surface area (Å²) >= 11 is 0. The number of methoxy groups -OCH3 is 2. The summed E-state index contributed by atoms with van der Waals surface area (Å²) in [5.74, 6) is -3.41. The van der Waals surface area contributed by atoms with Crippen LogP contribution in [0.25, 0.3) is 0 Å². The summed E-state index contributed by atoms with van der Waals surface area (Å²) in [6.45, 7) is 6.20. The number of ether oxygens (including phenoxy) is 3. The van der Waals surface area contributed by atoms with Crippen LogP contribution in [0.1, 0.15) is 50.9 Å². The van der Waals surface area contributed by atoms with E-state index in [4.69, 9.17) is 31.4 Å². The predicted molar refractivity (Wildman–Crippen MR) is 182 cm³/mol. The molecule has 1 aromatic carbocycles. The Labute approximate surface area is 286 Å². The summed E-state index contributed by atoms with van der Waals surface area (Å²) in [5, 5.41) is 11.3. The fourth-order valence-electron chi connectivity index (χ4n) is 5.86. The van der Waals surface area contributed by atoms with Crippen molar-refractivity contribution < 1.29 is 43.3 Å². The number of benzene rings is 1. The van der Waals surface area contributed by atoms with Crippen molar-refractivity contribution in [2.45, 2.75) is 65.0 Å². The molecular formula is C36H46N4O9. The minimum atomic E-state index is -1.04. The Balaban J connectivity index is 2.18. The lowest BCUT2D eigenvalue weighted by molar-refractivity contribution is -0.128. The lowest BCUT2D eigenvalue weighted by atomic mass is 9.85. The van der Waals surface area contributed by atoms with E-state index in [0.717, 1.165) is 11.0 Å². The smallest absolute Gasteiger partial charge is 0.405 e. The van der Waals surface area contributed by atoms with E-state index in [9.17, 15) is 29.1 Å². The quantitative estimate of drug-likeness (QED) is 0.149. The van der Waals surface area contributed by atoms with Crippen molar-refractivity contribution in [1.82, 2.24) is 4.90 Å². The number of carbonyl (C=O) groups excluding carboxylic acids is 5. The Kier molecular flexibility index (Phi) is 13.4. The SMILES string of the molecule is CO[C@H]1/C=C\C=C(/C)C(=O)N(CC(=O)c2ccc(N)cc2)C2=CC(=O)C(N)=C(C[C@@H](C)C[C@H](OC)[C@H](O)[C@@H](C)/C=C(\C)[C@@H]1OC(N)=O)C2=O. The first kappa shape index (κ1) is 38.6. The zero-order chi connectivity index (χ0) is 36.6. The van der Waals surface area contributed by atoms with Crippen LogP contribution >= 0.6 is 0 Å². The average Bonchev–Trinajstić information content (AvgIpc) is 3.06. The maximum atomic E-state index is 14.0. The lowest BCUT2D eigenvalue weighted by Gasteiger charge is -2.30. The molecule has 1 aliphatic heterocycles. The van der Waals surface area contributed by atoms with Gasteiger partial charge in [0.1, 0.15) is 6.10 Å². The number of carbonyl (C=O) groups is 5. The van der Waals surface area contributed by atoms with Gasteiger partial charge in [-0.05, 0) is 62.4 Å². The van der Waals surface area contributed by atoms with E-state index < -0.39 is 66.2 Å². The molecule has 2 aliphatic rings. The third kappa shape index (κ3) is 9.62. The summed E-state index contributed by atoms with van der Waals surface area (Å²) in [7, 11) is 2.85. The molecule has 6 atom stereocenters. The van der Waals surface area contributed by atoms with E-state index in [0.29, 0.717) is 11.3 Å². The van der Waals surface area contributed by atoms with Gasteiger partial charge in [0.05, 0.1) is 30.1 Å². The van der Waals surface area contributed by atoms with Crippen molar-refractivity contribution in [3.8, 4) is 0 Å². The van der Waals surface area contributed by atoms with Crippen molar-refractivity contribution in [3.63, 3.8) is 0 Å². The number of nitrogens with zero attached hydrogens (tertiary/aromatic N) is 1. The Morgan fingerprint density at radius 3 is 2.27 bits per heavy atom. The predicted octanol–water partition coefficient (Wildman–Crippen LogP) is 2.90. The first-order chi connectivity index (χ1) is 23.1. The van der Waals surface area contributed by atoms with Gasteiger partial charge >= 0.3 is 6.09 Å². The molecule has 0 radical (unpaired) electrons. The number of allylic oxidation sites excluding steroid dienone is 4. The molecule has 264 valence electrons. The molecule has 3 rings (SSSR count). The third-order valence-corrected chi connectivity index (χ3v) is 8.62. The summed E-state index contributed by atoms with van der Waals surface area (Å²) in [4.78, 5) is 67.5. The molecule has 13 heteroatoms. The number of primary amides is 1. The van der Waals surface area contributed by atoms with E-state index in [-0.39, 0.29) is 46.9 Å². The molecule has 1 aliphatic carbocycles. The number of nitrogens with two attached hydrogens (primary N) is 3. The zero-order valence-electron chi connectivity index (χ0n) is 28.7. The number of anilines is 1. The zero-order valence-corrected chi connectivity index (χ0v) is 28.7. The van der Waals surface area contributed by atoms with Gasteiger partial charge in [-0.3, -0.25) is 24.1 Å². The van der Waals surface area contributed by atoms with Gasteiger partial charge in [0, 0.05) is 48.6 Å². The van der Waals surface area contributed by atoms with Crippen molar-refractivity contribution in [2.24, 2.45) is 23.3 Å². The van der Waals surface area contributed by atoms with Gasteiger partial charge in [0.2, 0.25) is 11.6 Å². The summed E-state index contributed by atoms with van der Waals surface area (Å²) < 4.78 is 16.7. The molecule has 0 unspecified atom stereocenters. The van der Waals surface area contributed by atoms with Gasteiger partial charge in [-0.25, -0.2) is 4.79 Å². The van der Waals surface area contributed by atoms with Gasteiger partial charge in [0.25, 0.3) is 5.91 Å². The molecule has 0 aromatic heterocycles. The van der Waals surface area contributed by atoms with Crippen LogP contribution in [-0.4, -0.2) is 84.5 Å². The molecule has 7 N–H and O–H groups in total. The van der Waals surface area contributed by atoms with E-state index in [2.05, 4.69) is 0 Å². The Hall–Kier alpha value is -4.85. The summed E-state index contributed by atoms with van der Waals surface area (Å²) in [6.07, 6.45) is 2.81. The first-order valence-corrected chi connectivity index (χ1v) is 15.8. The molecule has 0 saturated carbocycles. The molecule has 2 bridgehead atoms. The minimum Gasteiger partial charge on any atom is -0.439 e. The van der Waals surface area contributed by atoms with Crippen LogP contribution < -0.4 is 17.2 Å². The van der Waals surface area contributed by atoms with Crippen LogP contribution in [0.3, 0.4) is 0 Å². The van der Waals surface area contributed by atoms with Crippen LogP contribution in [-0.2, 0) is 28.6 Å². The van der Waals surface area contributed by atoms with Gasteiger partial charge < -0.3 is 36.5 Å². The number of hydrogen-bond donors (Lipinski definition) is 4. The summed E-state index contributed by atoms with van der Waals surface area (Å²) in [5.41, 5.74) is 18.1. The van der Waals surface area contributed by atoms with E-state index in [1.807, 2.05) is 6.92 Å². The number of nitrogen functional groups attached to an aromatic ring is 1. The van der Waals surface area contributed by atoms with Crippen molar-refractivity contribution in [1.29, 1.82) is 0 Å². The average molecular weight is 679 g/mol. The van der Waals surface area contributed by atoms with Gasteiger partial charge in [0.15, 0.2) is 11.9 Å². The van der Waals surface area contributed by atoms with Crippen LogP contribution in [0.4, 0.5) is 10.5 Å². The normalized spacial score (nSPS) is 29.0. The fraction of sp³-hybridized carbons (Fsp3) is 0.417. The molecular weight excluding hydrogens is 632 g/mol. The summed E-state index contributed by atoms with van der Waals surface area (Å²) in [6, 6.07) is 6.07. The number of fused-ring (bicyclic) bond motifs is 2. The second-order valence-corrected chi connectivity index (χ2v) is 12.4. The fourth-order valence-corrected chi connectivity index (χ4v) is 5.86. The molecule has 1 aromatic rings. The largest absolute Gasteiger partial charge is 0.439 e. The molecule has 13 nitrogen and oxygen atoms in total. The van der Waals surface area contributed by atoms with Crippen LogP contribution in [0, 0.1) is 11.8 Å². The van der Waals surface area contributed by atoms with Crippen molar-refractivity contribution >= 4 is 35.0 Å². The van der Waals surface area contributed by atoms with Crippen molar-refractivity contribution in [3.05, 3.63) is 88.3 Å². The monoisotopic (exact) mass is 678 g/mol. The highest BCUT2D eigenvalue weighted by Gasteiger charge is 2.36. The molecule has 0 spiro atoms. The topological polar surface area (TPSA) is 215 Å². The number of hydrogen-bond acceptors (Lipinski definition) is 11. The first-order valence-electron chi connectivity index (χ1n) is 15.8. The van der Waals surface area contributed by atoms with Gasteiger partial charge in [-0.2, -0.15) is 0 Å². The number of aliphatic hydroxyl groups excluding tert-OH is 1. The second-order valence-electron chi connectivity index (χ2n) is 12.4. The number of amides is 2. The van der Waals surface area contributed by atoms with E-state index in [1.54, 1.807) is 19.9 Å². The number of aliphatic hydroxyl groups is 1. The molecule has 49 heavy (non-hydrogen) atoms. The molecule has 0 saturated heterocycles. The number of rotatable bonds is 6. The van der Waals surface area contributed by atoms with Crippen LogP contribution in [0.5, 0.6) is 0 Å². The van der Waals surface area contributed by atoms with E-state index in [1.165, 1.54) is 63.6 Å². The van der Waals surface area contributed by atoms with Crippen LogP contribution in [0.15, 0.2) is 82.8 Å². The highest BCUT2D eigenvalue weighted by Crippen LogP contribution is 2.30. The van der Waals surface area contributed by atoms with Crippen molar-refractivity contribution in [2.75, 3.05) is 26.5 Å². The third-order valence-electron chi connectivity index (χ3n) is 8.62. The maximum absolute atomic E-state index is 14.0. The maximum Gasteiger partial charge on any atom is 0.405 e. The minimum absolute atomic E-state index is 0.00492. The van der Waals surface area contributed by atoms with Crippen LogP contribution in [0.2, 0.25) is 0 Å². The molecule has 1 heterocycles. The van der Waals surface area contributed by atoms with Gasteiger partial charge in [-0.1, -0.05) is 38.2 Å². The Morgan fingerprint density at radius 1 is 1.02 bits per heavy atom. The second kappa shape index (κ2) is 17.0. The highest BCUT2D eigenvalue weighted by atomic mass is 16.6. The molecule has 0 fully saturated rings.